The maximum absolute atomic E-state index is 12.2. The molecule has 5 nitrogen and oxygen atoms in total. The molecule has 1 heterocycles. The van der Waals surface area contributed by atoms with Gasteiger partial charge in [-0.2, -0.15) is 0 Å². The number of fused-ring (bicyclic) bond motifs is 1. The number of thioether (sulfide) groups is 1. The van der Waals surface area contributed by atoms with Crippen LogP contribution in [0, 0.1) is 10.1 Å². The standard InChI is InChI=1S/C17H12N2O3S/c20-16(13-5-3-6-14(10-13)19(21)22)11-23-17-9-8-12-4-1-2-7-15(12)18-17/h1-10H,11H2. The van der Waals surface area contributed by atoms with E-state index in [1.807, 2.05) is 36.4 Å². The van der Waals surface area contributed by atoms with Crippen molar-refractivity contribution in [2.24, 2.45) is 0 Å². The molecule has 0 atom stereocenters. The first-order chi connectivity index (χ1) is 11.1. The van der Waals surface area contributed by atoms with Gasteiger partial charge < -0.3 is 0 Å². The molecule has 0 spiro atoms. The molecule has 0 amide bonds. The van der Waals surface area contributed by atoms with Gasteiger partial charge in [-0.3, -0.25) is 14.9 Å². The first kappa shape index (κ1) is 15.2. The number of pyridine rings is 1. The zero-order valence-corrected chi connectivity index (χ0v) is 12.8. The average Bonchev–Trinajstić information content (AvgIpc) is 2.59. The molecule has 1 aromatic heterocycles. The number of hydrogen-bond acceptors (Lipinski definition) is 5. The minimum Gasteiger partial charge on any atom is -0.293 e. The van der Waals surface area contributed by atoms with E-state index in [0.29, 0.717) is 5.56 Å². The number of nitro benzene ring substituents is 1. The van der Waals surface area contributed by atoms with Gasteiger partial charge in [-0.05, 0) is 12.1 Å². The van der Waals surface area contributed by atoms with Gasteiger partial charge in [0.05, 0.1) is 21.2 Å². The van der Waals surface area contributed by atoms with Crippen molar-refractivity contribution in [2.75, 3.05) is 5.75 Å². The largest absolute Gasteiger partial charge is 0.293 e. The summed E-state index contributed by atoms with van der Waals surface area (Å²) in [6.45, 7) is 0. The van der Waals surface area contributed by atoms with E-state index in [1.54, 1.807) is 6.07 Å². The SMILES string of the molecule is O=C(CSc1ccc2ccccc2n1)c1cccc([N+](=O)[O-])c1. The number of carbonyl (C=O) groups excluding carboxylic acids is 1. The van der Waals surface area contributed by atoms with Crippen LogP contribution in [0.3, 0.4) is 0 Å². The molecule has 6 heteroatoms. The Hall–Kier alpha value is -2.73. The highest BCUT2D eigenvalue weighted by Crippen LogP contribution is 2.22. The number of nitro groups is 1. The Bertz CT molecular complexity index is 896. The summed E-state index contributed by atoms with van der Waals surface area (Å²) in [5.41, 5.74) is 1.14. The van der Waals surface area contributed by atoms with Crippen LogP contribution in [0.25, 0.3) is 10.9 Å². The number of rotatable bonds is 5. The first-order valence-corrected chi connectivity index (χ1v) is 7.88. The van der Waals surface area contributed by atoms with Crippen LogP contribution < -0.4 is 0 Å². The fourth-order valence-corrected chi connectivity index (χ4v) is 2.92. The lowest BCUT2D eigenvalue weighted by Crippen LogP contribution is -2.03. The summed E-state index contributed by atoms with van der Waals surface area (Å²) in [5.74, 6) is 0.0284. The third kappa shape index (κ3) is 3.54. The topological polar surface area (TPSA) is 73.1 Å². The molecule has 0 aliphatic carbocycles. The fraction of sp³-hybridized carbons (Fsp3) is 0.0588. The summed E-state index contributed by atoms with van der Waals surface area (Å²) in [5, 5.41) is 12.6. The molecular weight excluding hydrogens is 312 g/mol. The van der Waals surface area contributed by atoms with Crippen molar-refractivity contribution >= 4 is 34.1 Å². The Morgan fingerprint density at radius 2 is 1.91 bits per heavy atom. The maximum atomic E-state index is 12.2. The number of para-hydroxylation sites is 1. The van der Waals surface area contributed by atoms with Crippen molar-refractivity contribution in [3.63, 3.8) is 0 Å². The minimum absolute atomic E-state index is 0.0790. The molecule has 0 N–H and O–H groups in total. The molecule has 114 valence electrons. The van der Waals surface area contributed by atoms with Crippen LogP contribution in [0.2, 0.25) is 0 Å². The molecule has 0 fully saturated rings. The number of non-ortho nitro benzene ring substituents is 1. The van der Waals surface area contributed by atoms with Crippen LogP contribution in [0.15, 0.2) is 65.7 Å². The third-order valence-electron chi connectivity index (χ3n) is 3.30. The molecule has 0 radical (unpaired) electrons. The summed E-state index contributed by atoms with van der Waals surface area (Å²) >= 11 is 1.32. The molecule has 0 aliphatic heterocycles. The van der Waals surface area contributed by atoms with Crippen LogP contribution in [0.4, 0.5) is 5.69 Å². The normalized spacial score (nSPS) is 10.6. The Balaban J connectivity index is 1.72. The number of nitrogens with zero attached hydrogens (tertiary/aromatic N) is 2. The minimum atomic E-state index is -0.505. The van der Waals surface area contributed by atoms with Crippen LogP contribution >= 0.6 is 11.8 Å². The van der Waals surface area contributed by atoms with Crippen molar-refractivity contribution in [3.8, 4) is 0 Å². The van der Waals surface area contributed by atoms with E-state index in [-0.39, 0.29) is 17.2 Å². The van der Waals surface area contributed by atoms with E-state index < -0.39 is 4.92 Å². The van der Waals surface area contributed by atoms with Crippen molar-refractivity contribution in [3.05, 3.63) is 76.3 Å². The number of benzene rings is 2. The number of Topliss-reactive ketones (excluding diaryl/α,β-unsaturated/α-hetero) is 1. The van der Waals surface area contributed by atoms with Gasteiger partial charge >= 0.3 is 0 Å². The number of carbonyl (C=O) groups is 1. The summed E-state index contributed by atoms with van der Waals surface area (Å²) in [6.07, 6.45) is 0. The Morgan fingerprint density at radius 3 is 2.74 bits per heavy atom. The van der Waals surface area contributed by atoms with Gasteiger partial charge in [0.25, 0.3) is 5.69 Å². The molecule has 0 bridgehead atoms. The molecule has 3 rings (SSSR count). The van der Waals surface area contributed by atoms with Gasteiger partial charge in [-0.25, -0.2) is 4.98 Å². The van der Waals surface area contributed by atoms with E-state index in [1.165, 1.54) is 30.0 Å². The number of ketones is 1. The zero-order chi connectivity index (χ0) is 16.2. The third-order valence-corrected chi connectivity index (χ3v) is 4.23. The predicted octanol–water partition coefficient (Wildman–Crippen LogP) is 4.12. The second kappa shape index (κ2) is 6.58. The summed E-state index contributed by atoms with van der Waals surface area (Å²) < 4.78 is 0. The molecule has 0 saturated heterocycles. The summed E-state index contributed by atoms with van der Waals surface area (Å²) in [6, 6.07) is 17.4. The van der Waals surface area contributed by atoms with Gasteiger partial charge in [-0.1, -0.05) is 48.2 Å². The molecule has 2 aromatic carbocycles. The highest BCUT2D eigenvalue weighted by molar-refractivity contribution is 7.99. The van der Waals surface area contributed by atoms with Gasteiger partial charge in [0.2, 0.25) is 0 Å². The van der Waals surface area contributed by atoms with Crippen molar-refractivity contribution in [1.82, 2.24) is 4.98 Å². The Kier molecular flexibility index (Phi) is 4.34. The Labute approximate surface area is 136 Å². The van der Waals surface area contributed by atoms with Gasteiger partial charge in [0, 0.05) is 23.1 Å². The van der Waals surface area contributed by atoms with Crippen LogP contribution in [-0.2, 0) is 0 Å². The lowest BCUT2D eigenvalue weighted by atomic mass is 10.1. The molecule has 0 aliphatic rings. The smallest absolute Gasteiger partial charge is 0.270 e. The van der Waals surface area contributed by atoms with E-state index in [4.69, 9.17) is 0 Å². The first-order valence-electron chi connectivity index (χ1n) is 6.90. The van der Waals surface area contributed by atoms with Crippen molar-refractivity contribution in [2.45, 2.75) is 5.03 Å². The van der Waals surface area contributed by atoms with Crippen molar-refractivity contribution in [1.29, 1.82) is 0 Å². The monoisotopic (exact) mass is 324 g/mol. The summed E-state index contributed by atoms with van der Waals surface area (Å²) in [4.78, 5) is 26.9. The molecule has 0 unspecified atom stereocenters. The van der Waals surface area contributed by atoms with E-state index in [0.717, 1.165) is 15.9 Å². The van der Waals surface area contributed by atoms with Crippen LogP contribution in [0.1, 0.15) is 10.4 Å². The fourth-order valence-electron chi connectivity index (χ4n) is 2.14. The Morgan fingerprint density at radius 1 is 1.09 bits per heavy atom. The highest BCUT2D eigenvalue weighted by Gasteiger charge is 2.12. The number of hydrogen-bond donors (Lipinski definition) is 0. The predicted molar refractivity (Wildman–Crippen MR) is 89.9 cm³/mol. The van der Waals surface area contributed by atoms with Crippen molar-refractivity contribution < 1.29 is 9.72 Å². The second-order valence-corrected chi connectivity index (χ2v) is 5.86. The average molecular weight is 324 g/mol. The molecule has 0 saturated carbocycles. The summed E-state index contributed by atoms with van der Waals surface area (Å²) in [7, 11) is 0. The van der Waals surface area contributed by atoms with E-state index in [9.17, 15) is 14.9 Å². The quantitative estimate of drug-likeness (QED) is 0.305. The maximum Gasteiger partial charge on any atom is 0.270 e. The second-order valence-electron chi connectivity index (χ2n) is 4.86. The number of aromatic nitrogens is 1. The lowest BCUT2D eigenvalue weighted by Gasteiger charge is -2.03. The molecular formula is C17H12N2O3S. The van der Waals surface area contributed by atoms with Gasteiger partial charge in [-0.15, -0.1) is 0 Å². The van der Waals surface area contributed by atoms with E-state index >= 15 is 0 Å². The van der Waals surface area contributed by atoms with E-state index in [2.05, 4.69) is 4.98 Å². The molecule has 3 aromatic rings. The zero-order valence-electron chi connectivity index (χ0n) is 12.0. The van der Waals surface area contributed by atoms with Gasteiger partial charge in [0.15, 0.2) is 5.78 Å². The van der Waals surface area contributed by atoms with Crippen LogP contribution in [0.5, 0.6) is 0 Å². The van der Waals surface area contributed by atoms with Crippen LogP contribution in [-0.4, -0.2) is 21.4 Å². The molecule has 23 heavy (non-hydrogen) atoms. The van der Waals surface area contributed by atoms with Gasteiger partial charge in [0.1, 0.15) is 0 Å². The lowest BCUT2D eigenvalue weighted by molar-refractivity contribution is -0.384. The highest BCUT2D eigenvalue weighted by atomic mass is 32.2.